The second-order valence-electron chi connectivity index (χ2n) is 8.81. The number of pyridine rings is 1. The molecular formula is C27H21N7O2. The van der Waals surface area contributed by atoms with E-state index in [1.54, 1.807) is 7.05 Å². The SMILES string of the molecule is Cn1c2c(c(=O)n(C)c1=O)C(c1ccccc1)c1c(nc(N)c(C#N)c1-c1c[nH]c3ccccc13)N2. The van der Waals surface area contributed by atoms with Gasteiger partial charge in [-0.3, -0.25) is 13.9 Å². The van der Waals surface area contributed by atoms with Crippen molar-refractivity contribution in [3.63, 3.8) is 0 Å². The molecule has 1 unspecified atom stereocenters. The summed E-state index contributed by atoms with van der Waals surface area (Å²) in [5, 5.41) is 14.3. The molecule has 0 spiro atoms. The molecule has 0 saturated heterocycles. The molecule has 4 heterocycles. The molecule has 2 aromatic carbocycles. The number of benzene rings is 2. The number of hydrogen-bond donors (Lipinski definition) is 3. The van der Waals surface area contributed by atoms with E-state index in [9.17, 15) is 14.9 Å². The van der Waals surface area contributed by atoms with Crippen molar-refractivity contribution in [1.82, 2.24) is 19.1 Å². The molecule has 3 aromatic heterocycles. The van der Waals surface area contributed by atoms with Gasteiger partial charge in [0.2, 0.25) is 0 Å². The van der Waals surface area contributed by atoms with E-state index in [1.807, 2.05) is 60.8 Å². The van der Waals surface area contributed by atoms with Crippen molar-refractivity contribution in [2.24, 2.45) is 14.1 Å². The Bertz CT molecular complexity index is 1860. The maximum atomic E-state index is 13.6. The third-order valence-corrected chi connectivity index (χ3v) is 6.88. The van der Waals surface area contributed by atoms with Gasteiger partial charge in [0, 0.05) is 53.8 Å². The lowest BCUT2D eigenvalue weighted by Gasteiger charge is -2.32. The van der Waals surface area contributed by atoms with Gasteiger partial charge in [0.15, 0.2) is 0 Å². The summed E-state index contributed by atoms with van der Waals surface area (Å²) in [4.78, 5) is 34.2. The van der Waals surface area contributed by atoms with Crippen molar-refractivity contribution in [1.29, 1.82) is 5.26 Å². The molecule has 176 valence electrons. The predicted octanol–water partition coefficient (Wildman–Crippen LogP) is 3.32. The number of anilines is 3. The van der Waals surface area contributed by atoms with Crippen LogP contribution in [0, 0.1) is 11.3 Å². The number of aromatic nitrogens is 4. The molecule has 6 rings (SSSR count). The van der Waals surface area contributed by atoms with Crippen LogP contribution in [0.4, 0.5) is 17.5 Å². The zero-order valence-electron chi connectivity index (χ0n) is 19.5. The van der Waals surface area contributed by atoms with E-state index >= 15 is 0 Å². The van der Waals surface area contributed by atoms with Crippen molar-refractivity contribution in [3.05, 3.63) is 104 Å². The second kappa shape index (κ2) is 7.71. The molecule has 36 heavy (non-hydrogen) atoms. The molecule has 9 heteroatoms. The fourth-order valence-electron chi connectivity index (χ4n) is 5.18. The number of para-hydroxylation sites is 1. The molecule has 5 aromatic rings. The fraction of sp³-hybridized carbons (Fsp3) is 0.111. The monoisotopic (exact) mass is 475 g/mol. The highest BCUT2D eigenvalue weighted by Crippen LogP contribution is 2.49. The molecule has 9 nitrogen and oxygen atoms in total. The van der Waals surface area contributed by atoms with Gasteiger partial charge in [-0.2, -0.15) is 5.26 Å². The Morgan fingerprint density at radius 3 is 2.47 bits per heavy atom. The molecule has 0 saturated carbocycles. The summed E-state index contributed by atoms with van der Waals surface area (Å²) in [6.45, 7) is 0. The van der Waals surface area contributed by atoms with E-state index in [-0.39, 0.29) is 11.4 Å². The molecule has 0 aliphatic carbocycles. The number of nitrogens with two attached hydrogens (primary N) is 1. The van der Waals surface area contributed by atoms with Crippen LogP contribution in [0.3, 0.4) is 0 Å². The fourth-order valence-corrected chi connectivity index (χ4v) is 5.18. The van der Waals surface area contributed by atoms with Gasteiger partial charge in [0.25, 0.3) is 5.56 Å². The molecule has 1 atom stereocenters. The summed E-state index contributed by atoms with van der Waals surface area (Å²) >= 11 is 0. The van der Waals surface area contributed by atoms with Crippen LogP contribution in [0.5, 0.6) is 0 Å². The number of H-pyrrole nitrogens is 1. The third-order valence-electron chi connectivity index (χ3n) is 6.88. The molecule has 0 bridgehead atoms. The van der Waals surface area contributed by atoms with Gasteiger partial charge in [0.1, 0.15) is 29.1 Å². The van der Waals surface area contributed by atoms with Gasteiger partial charge in [-0.05, 0) is 11.6 Å². The first-order valence-corrected chi connectivity index (χ1v) is 11.3. The maximum Gasteiger partial charge on any atom is 0.332 e. The first kappa shape index (κ1) is 21.4. The van der Waals surface area contributed by atoms with E-state index in [2.05, 4.69) is 21.4 Å². The van der Waals surface area contributed by atoms with Crippen LogP contribution in [0.15, 0.2) is 70.4 Å². The van der Waals surface area contributed by atoms with Crippen molar-refractivity contribution in [2.75, 3.05) is 11.1 Å². The lowest BCUT2D eigenvalue weighted by molar-refractivity contribution is 0.667. The molecule has 0 radical (unpaired) electrons. The van der Waals surface area contributed by atoms with Crippen LogP contribution >= 0.6 is 0 Å². The zero-order valence-corrected chi connectivity index (χ0v) is 19.5. The number of nitrogens with one attached hydrogen (secondary N) is 2. The summed E-state index contributed by atoms with van der Waals surface area (Å²) in [5.74, 6) is 0.210. The van der Waals surface area contributed by atoms with Gasteiger partial charge in [-0.25, -0.2) is 9.78 Å². The number of nitriles is 1. The van der Waals surface area contributed by atoms with Crippen LogP contribution in [-0.4, -0.2) is 19.1 Å². The summed E-state index contributed by atoms with van der Waals surface area (Å²) in [7, 11) is 3.07. The Hall–Kier alpha value is -5.10. The Balaban J connectivity index is 1.81. The Labute approximate surface area is 205 Å². The number of nitrogen functional groups attached to an aromatic ring is 1. The topological polar surface area (TPSA) is 135 Å². The quantitative estimate of drug-likeness (QED) is 0.352. The maximum absolute atomic E-state index is 13.6. The van der Waals surface area contributed by atoms with Crippen LogP contribution < -0.4 is 22.3 Å². The van der Waals surface area contributed by atoms with Crippen LogP contribution in [-0.2, 0) is 14.1 Å². The van der Waals surface area contributed by atoms with Crippen LogP contribution in [0.2, 0.25) is 0 Å². The van der Waals surface area contributed by atoms with E-state index in [1.165, 1.54) is 11.6 Å². The summed E-state index contributed by atoms with van der Waals surface area (Å²) in [6, 6.07) is 19.6. The number of fused-ring (bicyclic) bond motifs is 3. The van der Waals surface area contributed by atoms with E-state index in [0.717, 1.165) is 26.6 Å². The minimum Gasteiger partial charge on any atom is -0.383 e. The first-order chi connectivity index (χ1) is 17.4. The molecule has 1 aliphatic rings. The predicted molar refractivity (Wildman–Crippen MR) is 138 cm³/mol. The van der Waals surface area contributed by atoms with E-state index in [0.29, 0.717) is 28.3 Å². The summed E-state index contributed by atoms with van der Waals surface area (Å²) in [5.41, 5.74) is 9.82. The van der Waals surface area contributed by atoms with Crippen LogP contribution in [0.1, 0.15) is 28.2 Å². The lowest BCUT2D eigenvalue weighted by Crippen LogP contribution is -2.42. The smallest absolute Gasteiger partial charge is 0.332 e. The van der Waals surface area contributed by atoms with Crippen molar-refractivity contribution in [2.45, 2.75) is 5.92 Å². The standard InChI is InChI=1S/C27H21N7O2/c1-33-25-22(26(35)34(2)27(33)36)19(14-8-4-3-5-9-14)21-20(16(12-28)23(29)31-24(21)32-25)17-13-30-18-11-7-6-10-15(17)18/h3-11,13,19,30H,1-2H3,(H3,29,31,32). The Morgan fingerprint density at radius 1 is 1.00 bits per heavy atom. The molecule has 0 fully saturated rings. The number of aromatic amines is 1. The largest absolute Gasteiger partial charge is 0.383 e. The summed E-state index contributed by atoms with van der Waals surface area (Å²) < 4.78 is 2.50. The third kappa shape index (κ3) is 2.85. The highest BCUT2D eigenvalue weighted by Gasteiger charge is 2.37. The van der Waals surface area contributed by atoms with Gasteiger partial charge < -0.3 is 16.0 Å². The average Bonchev–Trinajstić information content (AvgIpc) is 3.33. The van der Waals surface area contributed by atoms with Gasteiger partial charge in [-0.1, -0.05) is 48.5 Å². The molecule has 1 aliphatic heterocycles. The van der Waals surface area contributed by atoms with Crippen molar-refractivity contribution in [3.8, 4) is 17.2 Å². The average molecular weight is 476 g/mol. The highest BCUT2D eigenvalue weighted by atomic mass is 16.2. The Kier molecular flexibility index (Phi) is 4.59. The normalized spacial score (nSPS) is 14.1. The van der Waals surface area contributed by atoms with Gasteiger partial charge in [0.05, 0.1) is 5.56 Å². The lowest BCUT2D eigenvalue weighted by atomic mass is 9.79. The molecule has 4 N–H and O–H groups in total. The Morgan fingerprint density at radius 2 is 1.72 bits per heavy atom. The van der Waals surface area contributed by atoms with E-state index in [4.69, 9.17) is 5.73 Å². The molecular weight excluding hydrogens is 454 g/mol. The highest BCUT2D eigenvalue weighted by molar-refractivity contribution is 6.00. The minimum atomic E-state index is -0.605. The van der Waals surface area contributed by atoms with Crippen molar-refractivity contribution < 1.29 is 0 Å². The summed E-state index contributed by atoms with van der Waals surface area (Å²) in [6.07, 6.45) is 1.84. The number of nitrogens with zero attached hydrogens (tertiary/aromatic N) is 4. The number of rotatable bonds is 2. The van der Waals surface area contributed by atoms with E-state index < -0.39 is 17.2 Å². The minimum absolute atomic E-state index is 0.0631. The second-order valence-corrected chi connectivity index (χ2v) is 8.81. The first-order valence-electron chi connectivity index (χ1n) is 11.3. The van der Waals surface area contributed by atoms with Gasteiger partial charge in [-0.15, -0.1) is 0 Å². The number of hydrogen-bond acceptors (Lipinski definition) is 6. The zero-order chi connectivity index (χ0) is 25.1. The van der Waals surface area contributed by atoms with Crippen molar-refractivity contribution >= 4 is 28.4 Å². The molecule has 0 amide bonds. The van der Waals surface area contributed by atoms with Crippen LogP contribution in [0.25, 0.3) is 22.0 Å². The van der Waals surface area contributed by atoms with Gasteiger partial charge >= 0.3 is 5.69 Å².